The zero-order valence-electron chi connectivity index (χ0n) is 13.6. The van der Waals surface area contributed by atoms with E-state index in [9.17, 15) is 23.1 Å². The molecule has 1 aromatic rings. The van der Waals surface area contributed by atoms with Crippen LogP contribution in [0.1, 0.15) is 32.1 Å². The summed E-state index contributed by atoms with van der Waals surface area (Å²) < 4.78 is 25.0. The van der Waals surface area contributed by atoms with E-state index in [1.165, 1.54) is 29.2 Å². The molecule has 136 valence electrons. The number of likely N-dealkylation sites (tertiary alicyclic amines) is 1. The number of amides is 1. The first-order valence-electron chi connectivity index (χ1n) is 8.32. The minimum Gasteiger partial charge on any atom is -0.480 e. The number of hydrogen-bond donors (Lipinski definition) is 1. The maximum Gasteiger partial charge on any atom is 0.326 e. The quantitative estimate of drug-likeness (QED) is 0.858. The highest BCUT2D eigenvalue weighted by molar-refractivity contribution is 7.92. The van der Waals surface area contributed by atoms with E-state index in [0.29, 0.717) is 11.4 Å². The van der Waals surface area contributed by atoms with Crippen LogP contribution in [0.4, 0.5) is 0 Å². The average molecular weight is 386 g/mol. The molecule has 1 amide bonds. The fourth-order valence-corrected chi connectivity index (χ4v) is 5.32. The lowest BCUT2D eigenvalue weighted by atomic mass is 9.85. The summed E-state index contributed by atoms with van der Waals surface area (Å²) in [6.07, 6.45) is 4.00. The first-order valence-corrected chi connectivity index (χ1v) is 10.3. The van der Waals surface area contributed by atoms with E-state index in [-0.39, 0.29) is 16.9 Å². The summed E-state index contributed by atoms with van der Waals surface area (Å²) in [7, 11) is -3.84. The monoisotopic (exact) mass is 385 g/mol. The fourth-order valence-electron chi connectivity index (χ4n) is 4.00. The van der Waals surface area contributed by atoms with Gasteiger partial charge in [-0.2, -0.15) is 0 Å². The number of aliphatic carboxylic acids is 1. The molecule has 3 rings (SSSR count). The third-order valence-electron chi connectivity index (χ3n) is 5.15. The Morgan fingerprint density at radius 2 is 1.80 bits per heavy atom. The molecule has 1 aliphatic heterocycles. The Hall–Kier alpha value is -1.60. The van der Waals surface area contributed by atoms with Gasteiger partial charge < -0.3 is 10.0 Å². The third kappa shape index (κ3) is 3.67. The molecule has 2 aliphatic rings. The topological polar surface area (TPSA) is 91.8 Å². The number of carboxylic acids is 1. The summed E-state index contributed by atoms with van der Waals surface area (Å²) in [6.45, 7) is 0. The normalized spacial score (nSPS) is 26.3. The van der Waals surface area contributed by atoms with Gasteiger partial charge in [0, 0.05) is 11.1 Å². The van der Waals surface area contributed by atoms with Crippen LogP contribution in [0.15, 0.2) is 29.2 Å². The molecule has 1 aliphatic carbocycles. The first kappa shape index (κ1) is 18.2. The molecule has 0 spiro atoms. The van der Waals surface area contributed by atoms with Crippen molar-refractivity contribution in [1.82, 2.24) is 4.90 Å². The molecule has 0 radical (unpaired) electrons. The van der Waals surface area contributed by atoms with Crippen molar-refractivity contribution in [2.24, 2.45) is 5.92 Å². The minimum atomic E-state index is -3.84. The number of carboxylic acid groups (broad SMARTS) is 1. The Morgan fingerprint density at radius 3 is 2.44 bits per heavy atom. The van der Waals surface area contributed by atoms with Crippen molar-refractivity contribution in [3.63, 3.8) is 0 Å². The highest BCUT2D eigenvalue weighted by Gasteiger charge is 2.48. The Balaban J connectivity index is 1.83. The van der Waals surface area contributed by atoms with Crippen molar-refractivity contribution < 1.29 is 23.1 Å². The number of carbonyl (C=O) groups excluding carboxylic acids is 1. The molecular formula is C17H20ClNO5S. The Labute approximate surface area is 151 Å². The molecule has 3 atom stereocenters. The summed E-state index contributed by atoms with van der Waals surface area (Å²) in [5, 5.41) is 9.87. The Kier molecular flexibility index (Phi) is 5.06. The number of halogens is 1. The second-order valence-corrected chi connectivity index (χ2v) is 9.14. The van der Waals surface area contributed by atoms with E-state index in [1.807, 2.05) is 0 Å². The Bertz CT molecular complexity index is 777. The molecule has 8 heteroatoms. The molecule has 0 aromatic heterocycles. The van der Waals surface area contributed by atoms with Crippen LogP contribution in [0.25, 0.3) is 0 Å². The van der Waals surface area contributed by atoms with Gasteiger partial charge in [-0.05, 0) is 49.4 Å². The van der Waals surface area contributed by atoms with Gasteiger partial charge >= 0.3 is 5.97 Å². The zero-order chi connectivity index (χ0) is 18.2. The molecule has 25 heavy (non-hydrogen) atoms. The lowest BCUT2D eigenvalue weighted by Crippen LogP contribution is -2.48. The van der Waals surface area contributed by atoms with Crippen LogP contribution in [0, 0.1) is 5.92 Å². The zero-order valence-corrected chi connectivity index (χ0v) is 15.2. The van der Waals surface area contributed by atoms with Gasteiger partial charge in [0.1, 0.15) is 11.8 Å². The molecule has 1 saturated carbocycles. The van der Waals surface area contributed by atoms with E-state index in [4.69, 9.17) is 11.6 Å². The number of benzene rings is 1. The minimum absolute atomic E-state index is 0.0107. The van der Waals surface area contributed by atoms with Crippen LogP contribution in [0.5, 0.6) is 0 Å². The van der Waals surface area contributed by atoms with Gasteiger partial charge in [-0.15, -0.1) is 0 Å². The largest absolute Gasteiger partial charge is 0.480 e. The van der Waals surface area contributed by atoms with Gasteiger partial charge in [0.05, 0.1) is 4.90 Å². The number of carbonyl (C=O) groups is 2. The number of rotatable bonds is 4. The Morgan fingerprint density at radius 1 is 1.16 bits per heavy atom. The number of sulfone groups is 1. The SMILES string of the molecule is O=C(O)C1CC2CCCCC2N1C(=O)CS(=O)(=O)c1ccc(Cl)cc1. The van der Waals surface area contributed by atoms with Crippen molar-refractivity contribution >= 4 is 33.3 Å². The lowest BCUT2D eigenvalue weighted by Gasteiger charge is -2.33. The molecule has 2 fully saturated rings. The van der Waals surface area contributed by atoms with Crippen LogP contribution >= 0.6 is 11.6 Å². The van der Waals surface area contributed by atoms with Gasteiger partial charge in [-0.1, -0.05) is 24.4 Å². The van der Waals surface area contributed by atoms with Crippen LogP contribution in [-0.2, 0) is 19.4 Å². The summed E-state index contributed by atoms with van der Waals surface area (Å²) in [6, 6.07) is 4.52. The second kappa shape index (κ2) is 6.96. The average Bonchev–Trinajstić information content (AvgIpc) is 2.94. The maximum atomic E-state index is 12.7. The highest BCUT2D eigenvalue weighted by atomic mass is 35.5. The van der Waals surface area contributed by atoms with Crippen LogP contribution in [-0.4, -0.2) is 48.1 Å². The van der Waals surface area contributed by atoms with Gasteiger partial charge in [-0.3, -0.25) is 4.79 Å². The fraction of sp³-hybridized carbons (Fsp3) is 0.529. The molecule has 1 heterocycles. The van der Waals surface area contributed by atoms with Crippen molar-refractivity contribution in [2.75, 3.05) is 5.75 Å². The predicted molar refractivity (Wildman–Crippen MR) is 92.1 cm³/mol. The number of fused-ring (bicyclic) bond motifs is 1. The number of hydrogen-bond acceptors (Lipinski definition) is 4. The smallest absolute Gasteiger partial charge is 0.326 e. The van der Waals surface area contributed by atoms with Crippen molar-refractivity contribution in [3.8, 4) is 0 Å². The van der Waals surface area contributed by atoms with Crippen molar-refractivity contribution in [1.29, 1.82) is 0 Å². The van der Waals surface area contributed by atoms with E-state index >= 15 is 0 Å². The summed E-state index contributed by atoms with van der Waals surface area (Å²) in [5.74, 6) is -2.26. The third-order valence-corrected chi connectivity index (χ3v) is 7.02. The van der Waals surface area contributed by atoms with Crippen LogP contribution in [0.3, 0.4) is 0 Å². The molecule has 1 N–H and O–H groups in total. The molecule has 6 nitrogen and oxygen atoms in total. The summed E-state index contributed by atoms with van der Waals surface area (Å²) >= 11 is 5.77. The summed E-state index contributed by atoms with van der Waals surface area (Å²) in [4.78, 5) is 25.6. The van der Waals surface area contributed by atoms with Gasteiger partial charge in [0.15, 0.2) is 9.84 Å². The van der Waals surface area contributed by atoms with E-state index in [1.54, 1.807) is 0 Å². The molecule has 0 bridgehead atoms. The predicted octanol–water partition coefficient (Wildman–Crippen LogP) is 2.36. The van der Waals surface area contributed by atoms with E-state index in [2.05, 4.69) is 0 Å². The standard InChI is InChI=1S/C17H20ClNO5S/c18-12-5-7-13(8-6-12)25(23,24)10-16(20)19-14-4-2-1-3-11(14)9-15(19)17(21)22/h5-8,11,14-15H,1-4,9-10H2,(H,21,22). The number of nitrogens with zero attached hydrogens (tertiary/aromatic N) is 1. The van der Waals surface area contributed by atoms with Crippen molar-refractivity contribution in [3.05, 3.63) is 29.3 Å². The highest BCUT2D eigenvalue weighted by Crippen LogP contribution is 2.40. The van der Waals surface area contributed by atoms with Crippen LogP contribution < -0.4 is 0 Å². The van der Waals surface area contributed by atoms with Crippen LogP contribution in [0.2, 0.25) is 5.02 Å². The van der Waals surface area contributed by atoms with E-state index < -0.39 is 33.5 Å². The molecule has 3 unspecified atom stereocenters. The first-order chi connectivity index (χ1) is 11.8. The van der Waals surface area contributed by atoms with Gasteiger partial charge in [0.2, 0.25) is 5.91 Å². The van der Waals surface area contributed by atoms with Gasteiger partial charge in [0.25, 0.3) is 0 Å². The molecular weight excluding hydrogens is 366 g/mol. The van der Waals surface area contributed by atoms with E-state index in [0.717, 1.165) is 25.7 Å². The summed E-state index contributed by atoms with van der Waals surface area (Å²) in [5.41, 5.74) is 0. The molecule has 1 saturated heterocycles. The molecule has 1 aromatic carbocycles. The second-order valence-electron chi connectivity index (χ2n) is 6.72. The van der Waals surface area contributed by atoms with Crippen molar-refractivity contribution in [2.45, 2.75) is 49.1 Å². The lowest BCUT2D eigenvalue weighted by molar-refractivity contribution is -0.148. The maximum absolute atomic E-state index is 12.7. The van der Waals surface area contributed by atoms with Gasteiger partial charge in [-0.25, -0.2) is 13.2 Å².